The number of para-hydroxylation sites is 2. The van der Waals surface area contributed by atoms with Gasteiger partial charge in [0.15, 0.2) is 0 Å². The maximum Gasteiger partial charge on any atom is 0.258 e. The van der Waals surface area contributed by atoms with Gasteiger partial charge in [-0.1, -0.05) is 68.4 Å². The molecule has 3 aromatic rings. The summed E-state index contributed by atoms with van der Waals surface area (Å²) in [6, 6.07) is 27.0. The summed E-state index contributed by atoms with van der Waals surface area (Å²) in [6.45, 7) is 5.93. The van der Waals surface area contributed by atoms with Crippen LogP contribution in [0.2, 0.25) is 0 Å². The lowest BCUT2D eigenvalue weighted by atomic mass is 9.89. The van der Waals surface area contributed by atoms with E-state index in [1.165, 1.54) is 0 Å². The molecule has 4 nitrogen and oxygen atoms in total. The summed E-state index contributed by atoms with van der Waals surface area (Å²) in [5.74, 6) is -0.0619. The van der Waals surface area contributed by atoms with Crippen LogP contribution in [0.3, 0.4) is 0 Å². The summed E-state index contributed by atoms with van der Waals surface area (Å²) in [7, 11) is 0. The predicted octanol–water partition coefficient (Wildman–Crippen LogP) is 5.86. The third-order valence-electron chi connectivity index (χ3n) is 5.88. The summed E-state index contributed by atoms with van der Waals surface area (Å²) in [4.78, 5) is 30.5. The summed E-state index contributed by atoms with van der Waals surface area (Å²) >= 11 is 0. The highest BCUT2D eigenvalue weighted by molar-refractivity contribution is 6.07. The van der Waals surface area contributed by atoms with Crippen LogP contribution in [0.15, 0.2) is 84.9 Å². The van der Waals surface area contributed by atoms with Gasteiger partial charge in [0.2, 0.25) is 5.91 Å². The molecular formula is C27H28N2O2. The molecule has 0 aromatic heterocycles. The lowest BCUT2D eigenvalue weighted by molar-refractivity contribution is -0.122. The van der Waals surface area contributed by atoms with E-state index in [4.69, 9.17) is 0 Å². The molecule has 0 N–H and O–H groups in total. The first-order valence-corrected chi connectivity index (χ1v) is 10.8. The topological polar surface area (TPSA) is 40.6 Å². The average molecular weight is 413 g/mol. The molecule has 0 unspecified atom stereocenters. The molecule has 3 aromatic carbocycles. The van der Waals surface area contributed by atoms with Gasteiger partial charge in [0.1, 0.15) is 0 Å². The Morgan fingerprint density at radius 3 is 2.10 bits per heavy atom. The van der Waals surface area contributed by atoms with Crippen molar-refractivity contribution in [2.24, 2.45) is 5.92 Å². The fourth-order valence-electron chi connectivity index (χ4n) is 4.38. The Balaban J connectivity index is 1.81. The van der Waals surface area contributed by atoms with Gasteiger partial charge in [0, 0.05) is 28.9 Å². The van der Waals surface area contributed by atoms with Gasteiger partial charge in [-0.25, -0.2) is 0 Å². The molecule has 0 radical (unpaired) electrons. The standard InChI is InChI=1S/C27H28N2O2/c1-19(2)26(30)29(22-14-8-5-9-15-22)25-18-20(3)28(24-17-11-10-16-23(24)25)27(31)21-12-6-4-7-13-21/h4-17,19-20,25H,18H2,1-3H3/t20-,25-/m1/s1. The lowest BCUT2D eigenvalue weighted by Crippen LogP contribution is -2.48. The summed E-state index contributed by atoms with van der Waals surface area (Å²) in [5, 5.41) is 0. The van der Waals surface area contributed by atoms with Crippen LogP contribution in [0, 0.1) is 5.92 Å². The van der Waals surface area contributed by atoms with Crippen molar-refractivity contribution in [2.75, 3.05) is 9.80 Å². The zero-order valence-electron chi connectivity index (χ0n) is 18.2. The number of benzene rings is 3. The highest BCUT2D eigenvalue weighted by Crippen LogP contribution is 2.43. The number of hydrogen-bond donors (Lipinski definition) is 0. The summed E-state index contributed by atoms with van der Waals surface area (Å²) in [5.41, 5.74) is 3.43. The van der Waals surface area contributed by atoms with Crippen molar-refractivity contribution in [3.8, 4) is 0 Å². The van der Waals surface area contributed by atoms with Crippen LogP contribution < -0.4 is 9.80 Å². The fourth-order valence-corrected chi connectivity index (χ4v) is 4.38. The molecule has 4 heteroatoms. The van der Waals surface area contributed by atoms with Crippen LogP contribution in [-0.2, 0) is 4.79 Å². The number of rotatable bonds is 4. The van der Waals surface area contributed by atoms with Crippen molar-refractivity contribution in [3.63, 3.8) is 0 Å². The number of amides is 2. The molecule has 0 bridgehead atoms. The highest BCUT2D eigenvalue weighted by atomic mass is 16.2. The molecule has 1 heterocycles. The minimum Gasteiger partial charge on any atom is -0.305 e. The van der Waals surface area contributed by atoms with Gasteiger partial charge in [-0.05, 0) is 49.2 Å². The van der Waals surface area contributed by atoms with Crippen LogP contribution in [0.4, 0.5) is 11.4 Å². The molecule has 0 fully saturated rings. The third-order valence-corrected chi connectivity index (χ3v) is 5.88. The Hall–Kier alpha value is -3.40. The molecule has 2 atom stereocenters. The monoisotopic (exact) mass is 412 g/mol. The van der Waals surface area contributed by atoms with E-state index in [1.54, 1.807) is 0 Å². The molecule has 31 heavy (non-hydrogen) atoms. The predicted molar refractivity (Wildman–Crippen MR) is 125 cm³/mol. The average Bonchev–Trinajstić information content (AvgIpc) is 2.80. The first-order chi connectivity index (χ1) is 15.0. The summed E-state index contributed by atoms with van der Waals surface area (Å²) in [6.07, 6.45) is 0.670. The minimum absolute atomic E-state index is 0.0135. The molecule has 4 rings (SSSR count). The second kappa shape index (κ2) is 8.76. The number of fused-ring (bicyclic) bond motifs is 1. The normalized spacial score (nSPS) is 17.9. The fraction of sp³-hybridized carbons (Fsp3) is 0.259. The smallest absolute Gasteiger partial charge is 0.258 e. The van der Waals surface area contributed by atoms with E-state index in [1.807, 2.05) is 109 Å². The van der Waals surface area contributed by atoms with E-state index >= 15 is 0 Å². The van der Waals surface area contributed by atoms with Crippen LogP contribution in [0.25, 0.3) is 0 Å². The van der Waals surface area contributed by atoms with E-state index in [2.05, 4.69) is 6.92 Å². The van der Waals surface area contributed by atoms with Crippen molar-refractivity contribution in [2.45, 2.75) is 39.3 Å². The Morgan fingerprint density at radius 1 is 0.871 bits per heavy atom. The van der Waals surface area contributed by atoms with E-state index < -0.39 is 0 Å². The quantitative estimate of drug-likeness (QED) is 0.539. The number of hydrogen-bond acceptors (Lipinski definition) is 2. The van der Waals surface area contributed by atoms with Gasteiger partial charge >= 0.3 is 0 Å². The molecule has 2 amide bonds. The van der Waals surface area contributed by atoms with Crippen LogP contribution in [-0.4, -0.2) is 17.9 Å². The maximum atomic E-state index is 13.4. The van der Waals surface area contributed by atoms with Crippen molar-refractivity contribution in [1.82, 2.24) is 0 Å². The molecular weight excluding hydrogens is 384 g/mol. The van der Waals surface area contributed by atoms with Crippen LogP contribution in [0.5, 0.6) is 0 Å². The van der Waals surface area contributed by atoms with Crippen LogP contribution in [0.1, 0.15) is 49.2 Å². The zero-order valence-corrected chi connectivity index (χ0v) is 18.2. The first-order valence-electron chi connectivity index (χ1n) is 10.8. The van der Waals surface area contributed by atoms with Crippen molar-refractivity contribution in [1.29, 1.82) is 0 Å². The number of carbonyl (C=O) groups excluding carboxylic acids is 2. The second-order valence-corrected chi connectivity index (χ2v) is 8.40. The zero-order chi connectivity index (χ0) is 22.0. The van der Waals surface area contributed by atoms with Crippen molar-refractivity contribution < 1.29 is 9.59 Å². The maximum absolute atomic E-state index is 13.4. The Bertz CT molecular complexity index is 1060. The van der Waals surface area contributed by atoms with Gasteiger partial charge in [-0.3, -0.25) is 9.59 Å². The lowest BCUT2D eigenvalue weighted by Gasteiger charge is -2.44. The van der Waals surface area contributed by atoms with E-state index in [0.29, 0.717) is 12.0 Å². The molecule has 1 aliphatic rings. The number of nitrogens with zero attached hydrogens (tertiary/aromatic N) is 2. The van der Waals surface area contributed by atoms with Crippen molar-refractivity contribution in [3.05, 3.63) is 96.1 Å². The first kappa shape index (κ1) is 20.9. The Morgan fingerprint density at radius 2 is 1.45 bits per heavy atom. The van der Waals surface area contributed by atoms with E-state index in [0.717, 1.165) is 16.9 Å². The van der Waals surface area contributed by atoms with Crippen LogP contribution >= 0.6 is 0 Å². The van der Waals surface area contributed by atoms with Gasteiger partial charge in [-0.2, -0.15) is 0 Å². The van der Waals surface area contributed by atoms with Gasteiger partial charge in [-0.15, -0.1) is 0 Å². The highest BCUT2D eigenvalue weighted by Gasteiger charge is 2.39. The Kier molecular flexibility index (Phi) is 5.90. The minimum atomic E-state index is -0.136. The molecule has 0 saturated heterocycles. The van der Waals surface area contributed by atoms with E-state index in [-0.39, 0.29) is 29.8 Å². The molecule has 158 valence electrons. The van der Waals surface area contributed by atoms with E-state index in [9.17, 15) is 9.59 Å². The molecule has 0 spiro atoms. The second-order valence-electron chi connectivity index (χ2n) is 8.40. The molecule has 0 aliphatic carbocycles. The SMILES string of the molecule is CC(C)C(=O)N(c1ccccc1)[C@@H]1C[C@@H](C)N(C(=O)c2ccccc2)c2ccccc21. The van der Waals surface area contributed by atoms with Gasteiger partial charge < -0.3 is 9.80 Å². The Labute approximate surface area is 184 Å². The van der Waals surface area contributed by atoms with Gasteiger partial charge in [0.25, 0.3) is 5.91 Å². The van der Waals surface area contributed by atoms with Crippen molar-refractivity contribution >= 4 is 23.2 Å². The number of anilines is 2. The third kappa shape index (κ3) is 3.98. The number of carbonyl (C=O) groups is 2. The largest absolute Gasteiger partial charge is 0.305 e. The van der Waals surface area contributed by atoms with Gasteiger partial charge in [0.05, 0.1) is 6.04 Å². The molecule has 0 saturated carbocycles. The summed E-state index contributed by atoms with van der Waals surface area (Å²) < 4.78 is 0. The molecule has 1 aliphatic heterocycles.